The summed E-state index contributed by atoms with van der Waals surface area (Å²) in [6.45, 7) is 1.71. The number of rotatable bonds is 1. The van der Waals surface area contributed by atoms with Gasteiger partial charge in [-0.2, -0.15) is 0 Å². The molecule has 0 aromatic rings. The molecule has 1 amide bonds. The Kier molecular flexibility index (Phi) is 1.85. The third-order valence-corrected chi connectivity index (χ3v) is 2.28. The Morgan fingerprint density at radius 3 is 2.60 bits per heavy atom. The number of hydrogen-bond donors (Lipinski definition) is 2. The van der Waals surface area contributed by atoms with E-state index >= 15 is 0 Å². The van der Waals surface area contributed by atoms with E-state index in [1.807, 2.05) is 0 Å². The van der Waals surface area contributed by atoms with Crippen molar-refractivity contribution in [1.29, 1.82) is 0 Å². The van der Waals surface area contributed by atoms with Crippen molar-refractivity contribution < 1.29 is 14.7 Å². The van der Waals surface area contributed by atoms with Crippen LogP contribution in [0.15, 0.2) is 0 Å². The Hall–Kier alpha value is -0.710. The zero-order valence-electron chi connectivity index (χ0n) is 5.33. The number of hydrogen-bond acceptors (Lipinski definition) is 3. The summed E-state index contributed by atoms with van der Waals surface area (Å²) in [5, 5.41) is 10.4. The summed E-state index contributed by atoms with van der Waals surface area (Å²) in [6, 6.07) is -0.711. The third kappa shape index (κ3) is 1.23. The molecule has 1 aliphatic heterocycles. The Balaban J connectivity index is 2.63. The maximum atomic E-state index is 10.6. The Morgan fingerprint density at radius 2 is 2.40 bits per heavy atom. The quantitative estimate of drug-likeness (QED) is 0.580. The average Bonchev–Trinajstić information content (AvgIpc) is 2.10. The second-order valence-electron chi connectivity index (χ2n) is 2.07. The molecule has 2 unspecified atom stereocenters. The van der Waals surface area contributed by atoms with Crippen LogP contribution in [0.1, 0.15) is 6.92 Å². The van der Waals surface area contributed by atoms with Crippen molar-refractivity contribution in [2.75, 3.05) is 0 Å². The molecule has 2 N–H and O–H groups in total. The highest BCUT2D eigenvalue weighted by atomic mass is 32.2. The predicted molar refractivity (Wildman–Crippen MR) is 37.0 cm³/mol. The fourth-order valence-electron chi connectivity index (χ4n) is 0.778. The lowest BCUT2D eigenvalue weighted by atomic mass is 10.2. The fraction of sp³-hybridized carbons (Fsp3) is 0.600. The topological polar surface area (TPSA) is 66.4 Å². The summed E-state index contributed by atoms with van der Waals surface area (Å²) in [4.78, 5) is 20.9. The van der Waals surface area contributed by atoms with E-state index in [9.17, 15) is 9.59 Å². The number of thioether (sulfide) groups is 1. The lowest BCUT2D eigenvalue weighted by Gasteiger charge is -2.05. The third-order valence-electron chi connectivity index (χ3n) is 1.30. The van der Waals surface area contributed by atoms with Crippen molar-refractivity contribution in [2.24, 2.45) is 0 Å². The molecule has 0 spiro atoms. The summed E-state index contributed by atoms with van der Waals surface area (Å²) in [7, 11) is 0. The summed E-state index contributed by atoms with van der Waals surface area (Å²) in [5.74, 6) is -0.967. The second kappa shape index (κ2) is 2.49. The van der Waals surface area contributed by atoms with E-state index in [0.717, 1.165) is 11.8 Å². The van der Waals surface area contributed by atoms with Crippen LogP contribution in [0, 0.1) is 0 Å². The van der Waals surface area contributed by atoms with E-state index in [4.69, 9.17) is 5.11 Å². The summed E-state index contributed by atoms with van der Waals surface area (Å²) < 4.78 is 0. The molecule has 1 heterocycles. The Bertz CT molecular complexity index is 182. The highest BCUT2D eigenvalue weighted by molar-refractivity contribution is 8.14. The largest absolute Gasteiger partial charge is 0.480 e. The summed E-state index contributed by atoms with van der Waals surface area (Å²) >= 11 is 1.03. The van der Waals surface area contributed by atoms with Gasteiger partial charge in [0.05, 0.1) is 0 Å². The number of aliphatic carboxylic acids is 1. The van der Waals surface area contributed by atoms with Gasteiger partial charge in [-0.1, -0.05) is 18.7 Å². The molecule has 2 atom stereocenters. The zero-order chi connectivity index (χ0) is 7.72. The van der Waals surface area contributed by atoms with Crippen LogP contribution in [0.25, 0.3) is 0 Å². The van der Waals surface area contributed by atoms with Crippen LogP contribution < -0.4 is 5.32 Å². The van der Waals surface area contributed by atoms with Crippen LogP contribution in [0.3, 0.4) is 0 Å². The zero-order valence-corrected chi connectivity index (χ0v) is 6.14. The van der Waals surface area contributed by atoms with Crippen molar-refractivity contribution in [2.45, 2.75) is 18.2 Å². The molecule has 0 saturated carbocycles. The van der Waals surface area contributed by atoms with Crippen molar-refractivity contribution in [3.63, 3.8) is 0 Å². The van der Waals surface area contributed by atoms with Gasteiger partial charge in [0, 0.05) is 5.25 Å². The van der Waals surface area contributed by atoms with Crippen LogP contribution in [0.5, 0.6) is 0 Å². The van der Waals surface area contributed by atoms with Crippen molar-refractivity contribution in [3.8, 4) is 0 Å². The molecule has 1 aliphatic rings. The highest BCUT2D eigenvalue weighted by Gasteiger charge is 2.34. The molecule has 0 bridgehead atoms. The van der Waals surface area contributed by atoms with Gasteiger partial charge in [0.2, 0.25) is 0 Å². The SMILES string of the molecule is CC1SC(=O)NC1C(=O)O. The molecular weight excluding hydrogens is 154 g/mol. The maximum absolute atomic E-state index is 10.6. The predicted octanol–water partition coefficient (Wildman–Crippen LogP) is 0.284. The van der Waals surface area contributed by atoms with Crippen molar-refractivity contribution in [3.05, 3.63) is 0 Å². The molecule has 56 valence electrons. The second-order valence-corrected chi connectivity index (χ2v) is 3.42. The first-order valence-electron chi connectivity index (χ1n) is 2.81. The smallest absolute Gasteiger partial charge is 0.327 e. The van der Waals surface area contributed by atoms with E-state index in [1.54, 1.807) is 6.92 Å². The molecule has 5 heteroatoms. The van der Waals surface area contributed by atoms with Crippen LogP contribution in [0.2, 0.25) is 0 Å². The van der Waals surface area contributed by atoms with Crippen LogP contribution in [-0.4, -0.2) is 27.6 Å². The molecule has 1 fully saturated rings. The molecule has 0 aromatic heterocycles. The van der Waals surface area contributed by atoms with Gasteiger partial charge in [-0.15, -0.1) is 0 Å². The standard InChI is InChI=1S/C5H7NO3S/c1-2-3(4(7)8)6-5(9)10-2/h2-3H,1H3,(H,6,9)(H,7,8). The van der Waals surface area contributed by atoms with E-state index in [1.165, 1.54) is 0 Å². The Morgan fingerprint density at radius 1 is 1.80 bits per heavy atom. The van der Waals surface area contributed by atoms with Crippen LogP contribution in [-0.2, 0) is 4.79 Å². The first-order valence-corrected chi connectivity index (χ1v) is 3.69. The van der Waals surface area contributed by atoms with Gasteiger partial charge in [0.15, 0.2) is 0 Å². The van der Waals surface area contributed by atoms with Crippen LogP contribution in [0.4, 0.5) is 4.79 Å². The number of carbonyl (C=O) groups is 2. The number of carboxylic acid groups (broad SMARTS) is 1. The highest BCUT2D eigenvalue weighted by Crippen LogP contribution is 2.22. The summed E-state index contributed by atoms with van der Waals surface area (Å²) in [6.07, 6.45) is 0. The van der Waals surface area contributed by atoms with Gasteiger partial charge in [0.25, 0.3) is 5.24 Å². The van der Waals surface area contributed by atoms with Gasteiger partial charge in [-0.25, -0.2) is 4.79 Å². The van der Waals surface area contributed by atoms with Crippen molar-refractivity contribution in [1.82, 2.24) is 5.32 Å². The van der Waals surface area contributed by atoms with Gasteiger partial charge in [-0.3, -0.25) is 4.79 Å². The molecule has 1 saturated heterocycles. The van der Waals surface area contributed by atoms with E-state index in [2.05, 4.69) is 5.32 Å². The molecule has 1 rings (SSSR count). The number of nitrogens with one attached hydrogen (secondary N) is 1. The number of carboxylic acids is 1. The van der Waals surface area contributed by atoms with Gasteiger partial charge in [0.1, 0.15) is 6.04 Å². The van der Waals surface area contributed by atoms with Gasteiger partial charge >= 0.3 is 5.97 Å². The minimum atomic E-state index is -0.967. The van der Waals surface area contributed by atoms with E-state index < -0.39 is 12.0 Å². The van der Waals surface area contributed by atoms with Crippen molar-refractivity contribution >= 4 is 23.0 Å². The molecule has 0 aromatic carbocycles. The minimum Gasteiger partial charge on any atom is -0.480 e. The van der Waals surface area contributed by atoms with E-state index in [0.29, 0.717) is 0 Å². The lowest BCUT2D eigenvalue weighted by molar-refractivity contribution is -0.138. The minimum absolute atomic E-state index is 0.162. The monoisotopic (exact) mass is 161 g/mol. The average molecular weight is 161 g/mol. The summed E-state index contributed by atoms with van der Waals surface area (Å²) in [5.41, 5.74) is 0. The number of amides is 1. The molecule has 10 heavy (non-hydrogen) atoms. The van der Waals surface area contributed by atoms with Gasteiger partial charge in [-0.05, 0) is 0 Å². The lowest BCUT2D eigenvalue weighted by Crippen LogP contribution is -2.37. The molecule has 4 nitrogen and oxygen atoms in total. The Labute approximate surface area is 62.0 Å². The van der Waals surface area contributed by atoms with Crippen LogP contribution >= 0.6 is 11.8 Å². The molecule has 0 radical (unpaired) electrons. The fourth-order valence-corrected chi connectivity index (χ4v) is 1.63. The van der Waals surface area contributed by atoms with E-state index in [-0.39, 0.29) is 10.5 Å². The normalized spacial score (nSPS) is 31.9. The molecule has 0 aliphatic carbocycles. The maximum Gasteiger partial charge on any atom is 0.327 e. The van der Waals surface area contributed by atoms with Gasteiger partial charge < -0.3 is 10.4 Å². The molecular formula is C5H7NO3S. The first kappa shape index (κ1) is 7.40. The first-order chi connectivity index (χ1) is 4.61. The number of carbonyl (C=O) groups excluding carboxylic acids is 1.